The third-order valence-electron chi connectivity index (χ3n) is 6.91. The minimum atomic E-state index is 0.650. The maximum Gasteiger partial charge on any atom is 0.193 e. The zero-order chi connectivity index (χ0) is 21.3. The number of piperazine rings is 1. The first-order chi connectivity index (χ1) is 15.3. The average molecular weight is 429 g/mol. The highest BCUT2D eigenvalue weighted by Crippen LogP contribution is 2.17. The SMILES string of the molecule is CN=C(NCCCCN1CCN(c2ccccc2)CC1)N1CCC(N2CCOCC2)C1. The fraction of sp³-hybridized carbons (Fsp3) is 0.708. The zero-order valence-corrected chi connectivity index (χ0v) is 19.2. The quantitative estimate of drug-likeness (QED) is 0.404. The van der Waals surface area contributed by atoms with E-state index in [-0.39, 0.29) is 0 Å². The summed E-state index contributed by atoms with van der Waals surface area (Å²) in [6.07, 6.45) is 3.67. The van der Waals surface area contributed by atoms with Gasteiger partial charge in [-0.15, -0.1) is 0 Å². The van der Waals surface area contributed by atoms with Crippen molar-refractivity contribution in [1.82, 2.24) is 20.0 Å². The zero-order valence-electron chi connectivity index (χ0n) is 19.2. The smallest absolute Gasteiger partial charge is 0.193 e. The summed E-state index contributed by atoms with van der Waals surface area (Å²) in [5.74, 6) is 1.08. The largest absolute Gasteiger partial charge is 0.379 e. The Bertz CT molecular complexity index is 670. The van der Waals surface area contributed by atoms with Crippen molar-refractivity contribution < 1.29 is 4.74 Å². The van der Waals surface area contributed by atoms with Gasteiger partial charge in [0.05, 0.1) is 13.2 Å². The van der Waals surface area contributed by atoms with Crippen LogP contribution in [-0.4, -0.2) is 112 Å². The molecule has 31 heavy (non-hydrogen) atoms. The van der Waals surface area contributed by atoms with Crippen molar-refractivity contribution in [3.8, 4) is 0 Å². The van der Waals surface area contributed by atoms with Gasteiger partial charge >= 0.3 is 0 Å². The number of likely N-dealkylation sites (tertiary alicyclic amines) is 1. The van der Waals surface area contributed by atoms with Crippen molar-refractivity contribution in [2.75, 3.05) is 90.6 Å². The molecular weight excluding hydrogens is 388 g/mol. The van der Waals surface area contributed by atoms with E-state index in [2.05, 4.69) is 60.2 Å². The summed E-state index contributed by atoms with van der Waals surface area (Å²) in [7, 11) is 1.91. The molecule has 0 spiro atoms. The molecule has 0 radical (unpaired) electrons. The molecule has 3 heterocycles. The van der Waals surface area contributed by atoms with Gasteiger partial charge in [0.2, 0.25) is 0 Å². The van der Waals surface area contributed by atoms with Crippen molar-refractivity contribution in [2.24, 2.45) is 4.99 Å². The summed E-state index contributed by atoms with van der Waals surface area (Å²) < 4.78 is 5.50. The summed E-state index contributed by atoms with van der Waals surface area (Å²) in [5.41, 5.74) is 1.36. The lowest BCUT2D eigenvalue weighted by Crippen LogP contribution is -2.47. The van der Waals surface area contributed by atoms with E-state index < -0.39 is 0 Å². The molecule has 1 aromatic rings. The second kappa shape index (κ2) is 11.7. The molecule has 0 amide bonds. The van der Waals surface area contributed by atoms with Crippen LogP contribution in [0.5, 0.6) is 0 Å². The number of benzene rings is 1. The summed E-state index contributed by atoms with van der Waals surface area (Å²) in [5, 5.41) is 3.61. The average Bonchev–Trinajstić information content (AvgIpc) is 3.33. The highest BCUT2D eigenvalue weighted by molar-refractivity contribution is 5.80. The highest BCUT2D eigenvalue weighted by atomic mass is 16.5. The van der Waals surface area contributed by atoms with Crippen LogP contribution in [0.2, 0.25) is 0 Å². The number of ether oxygens (including phenoxy) is 1. The Morgan fingerprint density at radius 3 is 2.52 bits per heavy atom. The number of morpholine rings is 1. The van der Waals surface area contributed by atoms with E-state index >= 15 is 0 Å². The molecule has 0 saturated carbocycles. The molecule has 7 heteroatoms. The van der Waals surface area contributed by atoms with Crippen molar-refractivity contribution in [1.29, 1.82) is 0 Å². The van der Waals surface area contributed by atoms with E-state index in [1.165, 1.54) is 44.6 Å². The van der Waals surface area contributed by atoms with E-state index in [1.54, 1.807) is 0 Å². The van der Waals surface area contributed by atoms with Gasteiger partial charge in [-0.3, -0.25) is 14.8 Å². The van der Waals surface area contributed by atoms with Gasteiger partial charge in [0.25, 0.3) is 0 Å². The minimum Gasteiger partial charge on any atom is -0.379 e. The van der Waals surface area contributed by atoms with Gasteiger partial charge < -0.3 is 19.9 Å². The van der Waals surface area contributed by atoms with Gasteiger partial charge in [-0.1, -0.05) is 18.2 Å². The van der Waals surface area contributed by atoms with Gasteiger partial charge in [-0.2, -0.15) is 0 Å². The summed E-state index contributed by atoms with van der Waals surface area (Å²) >= 11 is 0. The van der Waals surface area contributed by atoms with Crippen molar-refractivity contribution in [3.05, 3.63) is 30.3 Å². The van der Waals surface area contributed by atoms with Crippen molar-refractivity contribution in [3.63, 3.8) is 0 Å². The standard InChI is InChI=1S/C24H40N6O/c1-25-24(30-12-9-23(21-30)29-17-19-31-20-18-29)26-10-5-6-11-27-13-15-28(16-14-27)22-7-3-2-4-8-22/h2-4,7-8,23H,5-6,9-21H2,1H3,(H,25,26). The molecule has 3 saturated heterocycles. The molecule has 1 unspecified atom stereocenters. The van der Waals surface area contributed by atoms with Crippen LogP contribution in [0.3, 0.4) is 0 Å². The van der Waals surface area contributed by atoms with Gasteiger partial charge in [0.15, 0.2) is 5.96 Å². The number of nitrogens with one attached hydrogen (secondary N) is 1. The number of hydrogen-bond acceptors (Lipinski definition) is 5. The molecule has 1 N–H and O–H groups in total. The Labute approximate surface area is 188 Å². The van der Waals surface area contributed by atoms with Crippen molar-refractivity contribution in [2.45, 2.75) is 25.3 Å². The minimum absolute atomic E-state index is 0.650. The van der Waals surface area contributed by atoms with E-state index in [0.717, 1.165) is 65.0 Å². The molecule has 7 nitrogen and oxygen atoms in total. The van der Waals surface area contributed by atoms with Gasteiger partial charge in [0.1, 0.15) is 0 Å². The van der Waals surface area contributed by atoms with Crippen LogP contribution in [0.15, 0.2) is 35.3 Å². The van der Waals surface area contributed by atoms with E-state index in [1.807, 2.05) is 7.05 Å². The number of nitrogens with zero attached hydrogens (tertiary/aromatic N) is 5. The second-order valence-corrected chi connectivity index (χ2v) is 8.88. The monoisotopic (exact) mass is 428 g/mol. The van der Waals surface area contributed by atoms with Crippen LogP contribution >= 0.6 is 0 Å². The number of unbranched alkanes of at least 4 members (excludes halogenated alkanes) is 1. The van der Waals surface area contributed by atoms with Crippen molar-refractivity contribution >= 4 is 11.6 Å². The van der Waals surface area contributed by atoms with Crippen LogP contribution in [0.1, 0.15) is 19.3 Å². The number of para-hydroxylation sites is 1. The topological polar surface area (TPSA) is 46.6 Å². The highest BCUT2D eigenvalue weighted by Gasteiger charge is 2.30. The summed E-state index contributed by atoms with van der Waals surface area (Å²) in [6.45, 7) is 12.9. The predicted molar refractivity (Wildman–Crippen MR) is 128 cm³/mol. The second-order valence-electron chi connectivity index (χ2n) is 8.88. The molecule has 1 atom stereocenters. The molecular formula is C24H40N6O. The van der Waals surface area contributed by atoms with Crippen LogP contribution in [-0.2, 0) is 4.74 Å². The third kappa shape index (κ3) is 6.34. The Kier molecular flexibility index (Phi) is 8.44. The van der Waals surface area contributed by atoms with E-state index in [9.17, 15) is 0 Å². The van der Waals surface area contributed by atoms with Crippen LogP contribution in [0, 0.1) is 0 Å². The first kappa shape index (κ1) is 22.4. The maximum atomic E-state index is 5.50. The first-order valence-corrected chi connectivity index (χ1v) is 12.1. The molecule has 3 fully saturated rings. The fourth-order valence-corrected chi connectivity index (χ4v) is 5.04. The van der Waals surface area contributed by atoms with Crippen LogP contribution in [0.25, 0.3) is 0 Å². The Morgan fingerprint density at radius 2 is 1.77 bits per heavy atom. The number of anilines is 1. The number of aliphatic imine (C=N–C) groups is 1. The molecule has 3 aliphatic rings. The normalized spacial score (nSPS) is 24.0. The van der Waals surface area contributed by atoms with Gasteiger partial charge in [-0.05, 0) is 37.9 Å². The van der Waals surface area contributed by atoms with Crippen LogP contribution in [0.4, 0.5) is 5.69 Å². The van der Waals surface area contributed by atoms with Crippen LogP contribution < -0.4 is 10.2 Å². The molecule has 0 aliphatic carbocycles. The fourth-order valence-electron chi connectivity index (χ4n) is 5.04. The third-order valence-corrected chi connectivity index (χ3v) is 6.91. The van der Waals surface area contributed by atoms with E-state index in [0.29, 0.717) is 6.04 Å². The number of guanidine groups is 1. The lowest BCUT2D eigenvalue weighted by Gasteiger charge is -2.36. The Hall–Kier alpha value is -1.83. The predicted octanol–water partition coefficient (Wildman–Crippen LogP) is 1.57. The Morgan fingerprint density at radius 1 is 1.00 bits per heavy atom. The molecule has 0 aromatic heterocycles. The Balaban J connectivity index is 1.09. The lowest BCUT2D eigenvalue weighted by molar-refractivity contribution is 0.0195. The molecule has 0 bridgehead atoms. The van der Waals surface area contributed by atoms with Gasteiger partial charge in [0, 0.05) is 77.7 Å². The van der Waals surface area contributed by atoms with E-state index in [4.69, 9.17) is 4.74 Å². The lowest BCUT2D eigenvalue weighted by atomic mass is 10.2. The molecule has 172 valence electrons. The summed E-state index contributed by atoms with van der Waals surface area (Å²) in [4.78, 5) is 14.7. The molecule has 4 rings (SSSR count). The number of hydrogen-bond donors (Lipinski definition) is 1. The molecule has 1 aromatic carbocycles. The molecule has 3 aliphatic heterocycles. The van der Waals surface area contributed by atoms with Gasteiger partial charge in [-0.25, -0.2) is 0 Å². The summed E-state index contributed by atoms with van der Waals surface area (Å²) in [6, 6.07) is 11.4. The maximum absolute atomic E-state index is 5.50. The number of rotatable bonds is 7. The first-order valence-electron chi connectivity index (χ1n) is 12.1.